The van der Waals surface area contributed by atoms with Crippen LogP contribution >= 0.6 is 0 Å². The van der Waals surface area contributed by atoms with E-state index in [1.54, 1.807) is 4.90 Å². The Kier molecular flexibility index (Phi) is 3.81. The minimum Gasteiger partial charge on any atom is -0.480 e. The number of hydrogen-bond acceptors (Lipinski definition) is 3. The maximum Gasteiger partial charge on any atom is 0.411 e. The first kappa shape index (κ1) is 14.9. The van der Waals surface area contributed by atoms with Gasteiger partial charge in [-0.05, 0) is 12.8 Å². The van der Waals surface area contributed by atoms with E-state index in [0.717, 1.165) is 0 Å². The molecule has 1 saturated carbocycles. The molecule has 9 heteroatoms. The molecule has 20 heavy (non-hydrogen) atoms. The number of rotatable bonds is 3. The molecule has 0 atom stereocenters. The number of carboxylic acids is 1. The highest BCUT2D eigenvalue weighted by Crippen LogP contribution is 2.48. The van der Waals surface area contributed by atoms with Gasteiger partial charge in [0.25, 0.3) is 0 Å². The summed E-state index contributed by atoms with van der Waals surface area (Å²) in [7, 11) is 0. The Labute approximate surface area is 113 Å². The maximum absolute atomic E-state index is 12.7. The molecule has 1 aliphatic carbocycles. The van der Waals surface area contributed by atoms with Crippen LogP contribution in [0.4, 0.5) is 18.0 Å². The van der Waals surface area contributed by atoms with Crippen LogP contribution in [0.2, 0.25) is 0 Å². The monoisotopic (exact) mass is 295 g/mol. The molecule has 2 fully saturated rings. The van der Waals surface area contributed by atoms with Gasteiger partial charge in [0.05, 0.1) is 6.54 Å². The number of amides is 2. The van der Waals surface area contributed by atoms with Gasteiger partial charge in [-0.25, -0.2) is 4.79 Å². The Morgan fingerprint density at radius 3 is 2.10 bits per heavy atom. The third-order valence-corrected chi connectivity index (χ3v) is 3.66. The third kappa shape index (κ3) is 3.14. The van der Waals surface area contributed by atoms with Gasteiger partial charge >= 0.3 is 18.2 Å². The summed E-state index contributed by atoms with van der Waals surface area (Å²) in [6, 6.07) is -0.727. The second-order valence-corrected chi connectivity index (χ2v) is 5.17. The van der Waals surface area contributed by atoms with Gasteiger partial charge in [0.2, 0.25) is 0 Å². The summed E-state index contributed by atoms with van der Waals surface area (Å²) in [6.07, 6.45) is -4.59. The first-order valence-corrected chi connectivity index (χ1v) is 6.31. The average molecular weight is 295 g/mol. The van der Waals surface area contributed by atoms with Gasteiger partial charge in [-0.15, -0.1) is 0 Å². The molecule has 0 aromatic rings. The minimum absolute atomic E-state index is 0.0821. The van der Waals surface area contributed by atoms with Crippen molar-refractivity contribution < 1.29 is 27.9 Å². The van der Waals surface area contributed by atoms with Gasteiger partial charge < -0.3 is 15.3 Å². The highest BCUT2D eigenvalue weighted by atomic mass is 19.4. The number of nitrogens with one attached hydrogen (secondary N) is 1. The van der Waals surface area contributed by atoms with Crippen molar-refractivity contribution in [2.75, 3.05) is 32.7 Å². The number of alkyl halides is 3. The lowest BCUT2D eigenvalue weighted by Gasteiger charge is -2.35. The number of carbonyl (C=O) groups is 2. The van der Waals surface area contributed by atoms with Crippen molar-refractivity contribution in [2.24, 2.45) is 0 Å². The molecule has 2 rings (SSSR count). The number of aliphatic carboxylic acids is 1. The molecule has 0 aromatic carbocycles. The van der Waals surface area contributed by atoms with Gasteiger partial charge in [-0.1, -0.05) is 0 Å². The van der Waals surface area contributed by atoms with E-state index in [-0.39, 0.29) is 32.5 Å². The zero-order valence-electron chi connectivity index (χ0n) is 10.7. The first-order chi connectivity index (χ1) is 9.23. The summed E-state index contributed by atoms with van der Waals surface area (Å²) in [6.45, 7) is 1.03. The zero-order chi connectivity index (χ0) is 15.0. The predicted molar refractivity (Wildman–Crippen MR) is 62.2 cm³/mol. The Hall–Kier alpha value is -1.51. The third-order valence-electron chi connectivity index (χ3n) is 3.66. The normalized spacial score (nSPS) is 22.4. The molecule has 2 amide bonds. The molecule has 2 aliphatic rings. The number of piperazine rings is 1. The van der Waals surface area contributed by atoms with Crippen LogP contribution in [0.25, 0.3) is 0 Å². The van der Waals surface area contributed by atoms with Crippen molar-refractivity contribution in [2.45, 2.75) is 24.6 Å². The van der Waals surface area contributed by atoms with E-state index in [0.29, 0.717) is 13.1 Å². The second kappa shape index (κ2) is 5.12. The number of carboxylic acid groups (broad SMARTS) is 1. The average Bonchev–Trinajstić information content (AvgIpc) is 3.09. The number of carbonyl (C=O) groups excluding carboxylic acids is 1. The van der Waals surface area contributed by atoms with Gasteiger partial charge in [0.15, 0.2) is 0 Å². The lowest BCUT2D eigenvalue weighted by Crippen LogP contribution is -2.57. The first-order valence-electron chi connectivity index (χ1n) is 6.31. The SMILES string of the molecule is O=C(O)CN1CCN(C(=O)NC2(C(F)(F)F)CC2)CC1. The Bertz CT molecular complexity index is 401. The summed E-state index contributed by atoms with van der Waals surface area (Å²) in [5, 5.41) is 10.7. The molecule has 114 valence electrons. The molecule has 0 bridgehead atoms. The van der Waals surface area contributed by atoms with Crippen molar-refractivity contribution in [1.29, 1.82) is 0 Å². The van der Waals surface area contributed by atoms with E-state index in [1.807, 2.05) is 0 Å². The van der Waals surface area contributed by atoms with Crippen molar-refractivity contribution in [3.05, 3.63) is 0 Å². The van der Waals surface area contributed by atoms with Crippen LogP contribution in [0, 0.1) is 0 Å². The van der Waals surface area contributed by atoms with Crippen molar-refractivity contribution in [1.82, 2.24) is 15.1 Å². The van der Waals surface area contributed by atoms with Crippen LogP contribution in [0.5, 0.6) is 0 Å². The largest absolute Gasteiger partial charge is 0.480 e. The smallest absolute Gasteiger partial charge is 0.411 e. The molecule has 1 saturated heterocycles. The number of hydrogen-bond donors (Lipinski definition) is 2. The molecule has 0 aromatic heterocycles. The zero-order valence-corrected chi connectivity index (χ0v) is 10.7. The molecule has 1 heterocycles. The van der Waals surface area contributed by atoms with Crippen LogP contribution in [-0.4, -0.2) is 71.3 Å². The molecular formula is C11H16F3N3O3. The van der Waals surface area contributed by atoms with Crippen molar-refractivity contribution in [3.63, 3.8) is 0 Å². The lowest BCUT2D eigenvalue weighted by atomic mass is 10.2. The summed E-state index contributed by atoms with van der Waals surface area (Å²) >= 11 is 0. The van der Waals surface area contributed by atoms with Crippen LogP contribution in [0.1, 0.15) is 12.8 Å². The highest BCUT2D eigenvalue weighted by Gasteiger charge is 2.64. The Balaban J connectivity index is 1.82. The summed E-state index contributed by atoms with van der Waals surface area (Å²) in [5.41, 5.74) is -2.05. The van der Waals surface area contributed by atoms with E-state index in [1.165, 1.54) is 4.90 Å². The van der Waals surface area contributed by atoms with E-state index < -0.39 is 23.7 Å². The van der Waals surface area contributed by atoms with E-state index >= 15 is 0 Å². The van der Waals surface area contributed by atoms with Gasteiger partial charge in [-0.3, -0.25) is 9.69 Å². The van der Waals surface area contributed by atoms with Gasteiger partial charge in [0, 0.05) is 26.2 Å². The fourth-order valence-electron chi connectivity index (χ4n) is 2.19. The van der Waals surface area contributed by atoms with Crippen LogP contribution in [0.3, 0.4) is 0 Å². The molecule has 6 nitrogen and oxygen atoms in total. The van der Waals surface area contributed by atoms with E-state index in [4.69, 9.17) is 5.11 Å². The fourth-order valence-corrected chi connectivity index (χ4v) is 2.19. The summed E-state index contributed by atoms with van der Waals surface area (Å²) in [5.74, 6) is -0.961. The topological polar surface area (TPSA) is 72.9 Å². The van der Waals surface area contributed by atoms with E-state index in [9.17, 15) is 22.8 Å². The van der Waals surface area contributed by atoms with E-state index in [2.05, 4.69) is 5.32 Å². The van der Waals surface area contributed by atoms with Gasteiger partial charge in [0.1, 0.15) is 5.54 Å². The fraction of sp³-hybridized carbons (Fsp3) is 0.818. The van der Waals surface area contributed by atoms with Crippen LogP contribution in [-0.2, 0) is 4.79 Å². The Morgan fingerprint density at radius 1 is 1.15 bits per heavy atom. The predicted octanol–water partition coefficient (Wildman–Crippen LogP) is 0.493. The van der Waals surface area contributed by atoms with Crippen LogP contribution in [0.15, 0.2) is 0 Å². The van der Waals surface area contributed by atoms with Crippen LogP contribution < -0.4 is 5.32 Å². The molecule has 1 aliphatic heterocycles. The molecule has 0 spiro atoms. The highest BCUT2D eigenvalue weighted by molar-refractivity contribution is 5.76. The molecule has 0 unspecified atom stereocenters. The summed E-state index contributed by atoms with van der Waals surface area (Å²) < 4.78 is 38.2. The maximum atomic E-state index is 12.7. The molecule has 0 radical (unpaired) electrons. The molecule has 2 N–H and O–H groups in total. The second-order valence-electron chi connectivity index (χ2n) is 5.17. The van der Waals surface area contributed by atoms with Crippen molar-refractivity contribution >= 4 is 12.0 Å². The van der Waals surface area contributed by atoms with Crippen molar-refractivity contribution in [3.8, 4) is 0 Å². The quantitative estimate of drug-likeness (QED) is 0.795. The van der Waals surface area contributed by atoms with Gasteiger partial charge in [-0.2, -0.15) is 13.2 Å². The number of halogens is 3. The molecular weight excluding hydrogens is 279 g/mol. The lowest BCUT2D eigenvalue weighted by molar-refractivity contribution is -0.163. The Morgan fingerprint density at radius 2 is 1.70 bits per heavy atom. The minimum atomic E-state index is -4.42. The summed E-state index contributed by atoms with van der Waals surface area (Å²) in [4.78, 5) is 25.3. The number of urea groups is 1. The standard InChI is InChI=1S/C11H16F3N3O3/c12-11(13,14)10(1-2-10)15-9(20)17-5-3-16(4-6-17)7-8(18)19/h1-7H2,(H,15,20)(H,18,19). The number of nitrogens with zero attached hydrogens (tertiary/aromatic N) is 2.